The van der Waals surface area contributed by atoms with E-state index >= 15 is 0 Å². The zero-order chi connectivity index (χ0) is 12.6. The van der Waals surface area contributed by atoms with E-state index in [-0.39, 0.29) is 18.6 Å². The summed E-state index contributed by atoms with van der Waals surface area (Å²) < 4.78 is 0. The van der Waals surface area contributed by atoms with Gasteiger partial charge in [-0.1, -0.05) is 0 Å². The first-order valence-electron chi connectivity index (χ1n) is 5.91. The highest BCUT2D eigenvalue weighted by Gasteiger charge is 2.41. The van der Waals surface area contributed by atoms with Crippen LogP contribution in [0.4, 0.5) is 4.79 Å². The quantitative estimate of drug-likeness (QED) is 0.718. The van der Waals surface area contributed by atoms with Gasteiger partial charge in [0.2, 0.25) is 0 Å². The molecule has 0 aromatic heterocycles. The minimum absolute atomic E-state index is 0.0224. The average Bonchev–Trinajstić information content (AvgIpc) is 2.56. The summed E-state index contributed by atoms with van der Waals surface area (Å²) >= 11 is 0. The molecule has 2 N–H and O–H groups in total. The Balaban J connectivity index is 2.04. The summed E-state index contributed by atoms with van der Waals surface area (Å²) in [6.45, 7) is 6.54. The number of amides is 2. The lowest BCUT2D eigenvalue weighted by atomic mass is 9.93. The van der Waals surface area contributed by atoms with Crippen LogP contribution in [0, 0.1) is 5.41 Å². The molecule has 0 spiro atoms. The number of carbonyl (C=O) groups is 2. The highest BCUT2D eigenvalue weighted by atomic mass is 16.4. The zero-order valence-corrected chi connectivity index (χ0v) is 10.3. The minimum atomic E-state index is -0.891. The van der Waals surface area contributed by atoms with Crippen molar-refractivity contribution >= 4 is 12.0 Å². The number of rotatable bonds is 3. The standard InChI is InChI=1S/C11H19N3O3/c1-11(2,9(15)16)7-13-6-8-5-12-3-4-14(8)10(13)17/h8,12H,3-7H2,1-2H3,(H,15,16)/t8-/m0/s1. The molecule has 2 rings (SSSR count). The van der Waals surface area contributed by atoms with Gasteiger partial charge >= 0.3 is 12.0 Å². The number of carbonyl (C=O) groups excluding carboxylic acids is 1. The Morgan fingerprint density at radius 3 is 2.88 bits per heavy atom. The molecule has 2 amide bonds. The molecule has 96 valence electrons. The number of hydrogen-bond acceptors (Lipinski definition) is 3. The van der Waals surface area contributed by atoms with Crippen molar-refractivity contribution in [3.05, 3.63) is 0 Å². The Bertz CT molecular complexity index is 343. The molecule has 2 aliphatic heterocycles. The molecular weight excluding hydrogens is 222 g/mol. The molecule has 0 radical (unpaired) electrons. The third-order valence-corrected chi connectivity index (χ3v) is 3.46. The van der Waals surface area contributed by atoms with Crippen molar-refractivity contribution in [3.63, 3.8) is 0 Å². The molecule has 1 atom stereocenters. The topological polar surface area (TPSA) is 72.9 Å². The molecule has 0 aromatic carbocycles. The first kappa shape index (κ1) is 12.2. The lowest BCUT2D eigenvalue weighted by Gasteiger charge is -2.28. The lowest BCUT2D eigenvalue weighted by molar-refractivity contribution is -0.147. The second-order valence-corrected chi connectivity index (χ2v) is 5.40. The molecule has 2 fully saturated rings. The molecule has 0 bridgehead atoms. The van der Waals surface area contributed by atoms with E-state index in [1.807, 2.05) is 4.90 Å². The molecule has 6 heteroatoms. The monoisotopic (exact) mass is 241 g/mol. The lowest BCUT2D eigenvalue weighted by Crippen LogP contribution is -2.50. The van der Waals surface area contributed by atoms with E-state index < -0.39 is 11.4 Å². The third kappa shape index (κ3) is 2.22. The van der Waals surface area contributed by atoms with Crippen LogP contribution >= 0.6 is 0 Å². The number of piperazine rings is 1. The molecule has 2 saturated heterocycles. The summed E-state index contributed by atoms with van der Waals surface area (Å²) in [5, 5.41) is 12.3. The van der Waals surface area contributed by atoms with E-state index in [2.05, 4.69) is 5.32 Å². The average molecular weight is 241 g/mol. The molecular formula is C11H19N3O3. The van der Waals surface area contributed by atoms with Gasteiger partial charge in [-0.05, 0) is 13.8 Å². The Kier molecular flexibility index (Phi) is 2.99. The largest absolute Gasteiger partial charge is 0.481 e. The highest BCUT2D eigenvalue weighted by Crippen LogP contribution is 2.23. The second-order valence-electron chi connectivity index (χ2n) is 5.40. The zero-order valence-electron chi connectivity index (χ0n) is 10.3. The number of urea groups is 1. The van der Waals surface area contributed by atoms with Crippen LogP contribution in [-0.2, 0) is 4.79 Å². The van der Waals surface area contributed by atoms with E-state index in [0.717, 1.165) is 13.1 Å². The van der Waals surface area contributed by atoms with Gasteiger partial charge in [0.25, 0.3) is 0 Å². The van der Waals surface area contributed by atoms with E-state index in [1.54, 1.807) is 18.7 Å². The highest BCUT2D eigenvalue weighted by molar-refractivity contribution is 5.79. The van der Waals surface area contributed by atoms with E-state index in [9.17, 15) is 9.59 Å². The van der Waals surface area contributed by atoms with Crippen LogP contribution in [-0.4, -0.2) is 65.7 Å². The van der Waals surface area contributed by atoms with Crippen LogP contribution in [0.25, 0.3) is 0 Å². The Labute approximate surface area is 101 Å². The molecule has 2 aliphatic rings. The number of carboxylic acid groups (broad SMARTS) is 1. The molecule has 0 saturated carbocycles. The normalized spacial score (nSPS) is 25.1. The van der Waals surface area contributed by atoms with E-state index in [1.165, 1.54) is 0 Å². The smallest absolute Gasteiger partial charge is 0.320 e. The molecule has 6 nitrogen and oxygen atoms in total. The van der Waals surface area contributed by atoms with Crippen molar-refractivity contribution in [2.45, 2.75) is 19.9 Å². The summed E-state index contributed by atoms with van der Waals surface area (Å²) in [6, 6.07) is 0.173. The summed E-state index contributed by atoms with van der Waals surface area (Å²) in [6.07, 6.45) is 0. The van der Waals surface area contributed by atoms with Crippen molar-refractivity contribution in [2.24, 2.45) is 5.41 Å². The maximum atomic E-state index is 12.1. The first-order chi connectivity index (χ1) is 7.92. The molecule has 17 heavy (non-hydrogen) atoms. The van der Waals surface area contributed by atoms with E-state index in [4.69, 9.17) is 5.11 Å². The number of aliphatic carboxylic acids is 1. The predicted octanol–water partition coefficient (Wildman–Crippen LogP) is -0.193. The van der Waals surface area contributed by atoms with Crippen LogP contribution in [0.5, 0.6) is 0 Å². The molecule has 0 aromatic rings. The van der Waals surface area contributed by atoms with Crippen molar-refractivity contribution in [1.82, 2.24) is 15.1 Å². The number of nitrogens with zero attached hydrogens (tertiary/aromatic N) is 2. The summed E-state index contributed by atoms with van der Waals surface area (Å²) in [5.41, 5.74) is -0.891. The van der Waals surface area contributed by atoms with Gasteiger partial charge in [0.05, 0.1) is 11.5 Å². The van der Waals surface area contributed by atoms with Crippen LogP contribution in [0.2, 0.25) is 0 Å². The fourth-order valence-electron chi connectivity index (χ4n) is 2.37. The van der Waals surface area contributed by atoms with E-state index in [0.29, 0.717) is 13.1 Å². The first-order valence-corrected chi connectivity index (χ1v) is 5.91. The van der Waals surface area contributed by atoms with Crippen molar-refractivity contribution in [3.8, 4) is 0 Å². The SMILES string of the molecule is CC(C)(CN1C[C@@H]2CNCCN2C1=O)C(=O)O. The molecule has 0 aliphatic carbocycles. The summed E-state index contributed by atoms with van der Waals surface area (Å²) in [4.78, 5) is 26.6. The maximum absolute atomic E-state index is 12.1. The Morgan fingerprint density at radius 2 is 2.29 bits per heavy atom. The minimum Gasteiger partial charge on any atom is -0.481 e. The fourth-order valence-corrected chi connectivity index (χ4v) is 2.37. The number of carboxylic acids is 1. The molecule has 2 heterocycles. The summed E-state index contributed by atoms with van der Waals surface area (Å²) in [5.74, 6) is -0.867. The second kappa shape index (κ2) is 4.18. The van der Waals surface area contributed by atoms with Gasteiger partial charge in [0.1, 0.15) is 0 Å². The Hall–Kier alpha value is -1.30. The van der Waals surface area contributed by atoms with Gasteiger partial charge in [-0.2, -0.15) is 0 Å². The van der Waals surface area contributed by atoms with Gasteiger partial charge < -0.3 is 20.2 Å². The van der Waals surface area contributed by atoms with Gasteiger partial charge in [0.15, 0.2) is 0 Å². The van der Waals surface area contributed by atoms with Crippen molar-refractivity contribution < 1.29 is 14.7 Å². The predicted molar refractivity (Wildman–Crippen MR) is 61.7 cm³/mol. The van der Waals surface area contributed by atoms with Crippen LogP contribution < -0.4 is 5.32 Å². The van der Waals surface area contributed by atoms with Gasteiger partial charge in [-0.25, -0.2) is 4.79 Å². The van der Waals surface area contributed by atoms with Crippen LogP contribution in [0.1, 0.15) is 13.8 Å². The fraction of sp³-hybridized carbons (Fsp3) is 0.818. The number of nitrogens with one attached hydrogen (secondary N) is 1. The van der Waals surface area contributed by atoms with Crippen LogP contribution in [0.15, 0.2) is 0 Å². The van der Waals surface area contributed by atoms with Crippen molar-refractivity contribution in [2.75, 3.05) is 32.7 Å². The van der Waals surface area contributed by atoms with Crippen molar-refractivity contribution in [1.29, 1.82) is 0 Å². The number of hydrogen-bond donors (Lipinski definition) is 2. The van der Waals surface area contributed by atoms with Gasteiger partial charge in [0, 0.05) is 32.7 Å². The Morgan fingerprint density at radius 1 is 1.59 bits per heavy atom. The van der Waals surface area contributed by atoms with Crippen LogP contribution in [0.3, 0.4) is 0 Å². The van der Waals surface area contributed by atoms with Gasteiger partial charge in [-0.3, -0.25) is 4.79 Å². The summed E-state index contributed by atoms with van der Waals surface area (Å²) in [7, 11) is 0. The van der Waals surface area contributed by atoms with Gasteiger partial charge in [-0.15, -0.1) is 0 Å². The maximum Gasteiger partial charge on any atom is 0.320 e. The third-order valence-electron chi connectivity index (χ3n) is 3.46. The molecule has 0 unspecified atom stereocenters. The number of fused-ring (bicyclic) bond motifs is 1.